The SMILES string of the molecule is CCCC(OC(=O)CCCOc1ccc(Cl)cc1C)P(=O)(OC)OC. The summed E-state index contributed by atoms with van der Waals surface area (Å²) in [6.07, 6.45) is 1.73. The number of benzene rings is 1. The Hall–Kier alpha value is -1.07. The van der Waals surface area contributed by atoms with Crippen molar-refractivity contribution in [1.29, 1.82) is 0 Å². The molecule has 0 bridgehead atoms. The van der Waals surface area contributed by atoms with E-state index in [1.54, 1.807) is 12.1 Å². The van der Waals surface area contributed by atoms with Crippen molar-refractivity contribution < 1.29 is 27.9 Å². The van der Waals surface area contributed by atoms with Gasteiger partial charge in [-0.25, -0.2) is 0 Å². The average molecular weight is 393 g/mol. The van der Waals surface area contributed by atoms with Gasteiger partial charge in [-0.05, 0) is 43.5 Å². The molecule has 1 unspecified atom stereocenters. The summed E-state index contributed by atoms with van der Waals surface area (Å²) in [5.41, 5.74) is 0.930. The monoisotopic (exact) mass is 392 g/mol. The Morgan fingerprint density at radius 1 is 1.28 bits per heavy atom. The Bertz CT molecular complexity index is 599. The lowest BCUT2D eigenvalue weighted by molar-refractivity contribution is -0.146. The number of esters is 1. The molecule has 1 rings (SSSR count). The third kappa shape index (κ3) is 6.98. The molecule has 6 nitrogen and oxygen atoms in total. The first kappa shape index (κ1) is 22.0. The van der Waals surface area contributed by atoms with Crippen LogP contribution in [0.25, 0.3) is 0 Å². The standard InChI is InChI=1S/C17H26ClO6P/c1-5-7-17(25(20,21-3)22-4)24-16(19)8-6-11-23-15-10-9-14(18)12-13(15)2/h9-10,12,17H,5-8,11H2,1-4H3. The van der Waals surface area contributed by atoms with Crippen molar-refractivity contribution in [3.63, 3.8) is 0 Å². The number of aryl methyl sites for hydroxylation is 1. The van der Waals surface area contributed by atoms with E-state index in [1.807, 2.05) is 19.9 Å². The van der Waals surface area contributed by atoms with Crippen molar-refractivity contribution in [2.75, 3.05) is 20.8 Å². The number of rotatable bonds is 11. The van der Waals surface area contributed by atoms with E-state index in [2.05, 4.69) is 0 Å². The molecule has 25 heavy (non-hydrogen) atoms. The fraction of sp³-hybridized carbons (Fsp3) is 0.588. The Balaban J connectivity index is 2.46. The zero-order valence-electron chi connectivity index (χ0n) is 15.1. The van der Waals surface area contributed by atoms with E-state index in [9.17, 15) is 9.36 Å². The van der Waals surface area contributed by atoms with Crippen LogP contribution in [0.3, 0.4) is 0 Å². The van der Waals surface area contributed by atoms with Gasteiger partial charge in [0.15, 0.2) is 0 Å². The van der Waals surface area contributed by atoms with Crippen LogP contribution in [-0.4, -0.2) is 32.6 Å². The van der Waals surface area contributed by atoms with E-state index in [0.29, 0.717) is 30.9 Å². The molecule has 0 spiro atoms. The summed E-state index contributed by atoms with van der Waals surface area (Å²) < 4.78 is 33.2. The summed E-state index contributed by atoms with van der Waals surface area (Å²) in [5.74, 6) is -0.617. The van der Waals surface area contributed by atoms with Crippen molar-refractivity contribution in [3.8, 4) is 5.75 Å². The highest BCUT2D eigenvalue weighted by Gasteiger charge is 2.36. The van der Waals surface area contributed by atoms with Gasteiger partial charge in [-0.1, -0.05) is 24.9 Å². The maximum Gasteiger partial charge on any atom is 0.370 e. The minimum Gasteiger partial charge on any atom is -0.493 e. The second kappa shape index (κ2) is 10.8. The Morgan fingerprint density at radius 3 is 2.52 bits per heavy atom. The highest BCUT2D eigenvalue weighted by Crippen LogP contribution is 2.53. The summed E-state index contributed by atoms with van der Waals surface area (Å²) in [6, 6.07) is 5.36. The molecule has 1 atom stereocenters. The van der Waals surface area contributed by atoms with Crippen molar-refractivity contribution in [3.05, 3.63) is 28.8 Å². The number of halogens is 1. The Labute approximate surface area is 154 Å². The second-order valence-electron chi connectivity index (χ2n) is 5.50. The van der Waals surface area contributed by atoms with Crippen LogP contribution in [0.5, 0.6) is 5.75 Å². The molecule has 0 aliphatic heterocycles. The van der Waals surface area contributed by atoms with Crippen LogP contribution in [0.1, 0.15) is 38.2 Å². The van der Waals surface area contributed by atoms with Crippen molar-refractivity contribution in [2.24, 2.45) is 0 Å². The normalized spacial score (nSPS) is 12.7. The fourth-order valence-electron chi connectivity index (χ4n) is 2.22. The summed E-state index contributed by atoms with van der Waals surface area (Å²) in [4.78, 5) is 12.0. The number of hydrogen-bond acceptors (Lipinski definition) is 6. The zero-order chi connectivity index (χ0) is 18.9. The highest BCUT2D eigenvalue weighted by molar-refractivity contribution is 7.54. The largest absolute Gasteiger partial charge is 0.493 e. The first-order valence-electron chi connectivity index (χ1n) is 8.16. The minimum absolute atomic E-state index is 0.153. The van der Waals surface area contributed by atoms with Crippen LogP contribution in [-0.2, 0) is 23.1 Å². The van der Waals surface area contributed by atoms with Crippen molar-refractivity contribution in [1.82, 2.24) is 0 Å². The maximum absolute atomic E-state index is 12.4. The fourth-order valence-corrected chi connectivity index (χ4v) is 3.89. The quantitative estimate of drug-likeness (QED) is 0.301. The first-order chi connectivity index (χ1) is 11.9. The first-order valence-corrected chi connectivity index (χ1v) is 10.1. The molecule has 0 aliphatic carbocycles. The number of carbonyl (C=O) groups is 1. The lowest BCUT2D eigenvalue weighted by Gasteiger charge is -2.23. The molecule has 0 heterocycles. The van der Waals surface area contributed by atoms with E-state index in [1.165, 1.54) is 14.2 Å². The van der Waals surface area contributed by atoms with E-state index in [4.69, 9.17) is 30.1 Å². The van der Waals surface area contributed by atoms with Crippen LogP contribution in [0.2, 0.25) is 5.02 Å². The van der Waals surface area contributed by atoms with E-state index in [0.717, 1.165) is 11.3 Å². The second-order valence-corrected chi connectivity index (χ2v) is 8.32. The summed E-state index contributed by atoms with van der Waals surface area (Å²) in [5, 5.41) is 0.649. The molecule has 142 valence electrons. The van der Waals surface area contributed by atoms with Gasteiger partial charge in [-0.2, -0.15) is 0 Å². The summed E-state index contributed by atoms with van der Waals surface area (Å²) in [7, 11) is -0.885. The van der Waals surface area contributed by atoms with Crippen LogP contribution in [0.15, 0.2) is 18.2 Å². The number of carbonyl (C=O) groups excluding carboxylic acids is 1. The van der Waals surface area contributed by atoms with Gasteiger partial charge < -0.3 is 18.5 Å². The molecule has 0 aliphatic rings. The third-order valence-corrected chi connectivity index (χ3v) is 5.91. The minimum atomic E-state index is -3.45. The van der Waals surface area contributed by atoms with Gasteiger partial charge in [0.2, 0.25) is 5.85 Å². The Kier molecular flexibility index (Phi) is 9.51. The van der Waals surface area contributed by atoms with E-state index < -0.39 is 19.4 Å². The molecular formula is C17H26ClO6P. The van der Waals surface area contributed by atoms with Crippen LogP contribution in [0, 0.1) is 6.92 Å². The molecule has 1 aromatic rings. The predicted molar refractivity (Wildman–Crippen MR) is 97.3 cm³/mol. The van der Waals surface area contributed by atoms with Crippen LogP contribution in [0.4, 0.5) is 0 Å². The lowest BCUT2D eigenvalue weighted by Crippen LogP contribution is -2.20. The molecular weight excluding hydrogens is 367 g/mol. The molecule has 0 N–H and O–H groups in total. The topological polar surface area (TPSA) is 71.1 Å². The van der Waals surface area contributed by atoms with Crippen molar-refractivity contribution in [2.45, 2.75) is 45.4 Å². The summed E-state index contributed by atoms with van der Waals surface area (Å²) >= 11 is 5.89. The van der Waals surface area contributed by atoms with E-state index >= 15 is 0 Å². The van der Waals surface area contributed by atoms with Gasteiger partial charge in [0.1, 0.15) is 5.75 Å². The molecule has 1 aromatic carbocycles. The molecule has 0 fully saturated rings. The smallest absolute Gasteiger partial charge is 0.370 e. The zero-order valence-corrected chi connectivity index (χ0v) is 16.8. The van der Waals surface area contributed by atoms with Gasteiger partial charge in [0, 0.05) is 25.7 Å². The molecule has 0 aromatic heterocycles. The number of ether oxygens (including phenoxy) is 2. The van der Waals surface area contributed by atoms with Gasteiger partial charge >= 0.3 is 13.6 Å². The van der Waals surface area contributed by atoms with Gasteiger partial charge in [0.25, 0.3) is 0 Å². The molecule has 0 saturated carbocycles. The Morgan fingerprint density at radius 2 is 1.96 bits per heavy atom. The lowest BCUT2D eigenvalue weighted by atomic mass is 10.2. The summed E-state index contributed by atoms with van der Waals surface area (Å²) in [6.45, 7) is 4.17. The molecule has 0 saturated heterocycles. The third-order valence-electron chi connectivity index (χ3n) is 3.58. The van der Waals surface area contributed by atoms with E-state index in [-0.39, 0.29) is 6.42 Å². The molecule has 8 heteroatoms. The average Bonchev–Trinajstić information content (AvgIpc) is 2.59. The van der Waals surface area contributed by atoms with Crippen LogP contribution >= 0.6 is 19.2 Å². The molecule has 0 amide bonds. The number of hydrogen-bond donors (Lipinski definition) is 0. The molecule has 0 radical (unpaired) electrons. The van der Waals surface area contributed by atoms with Gasteiger partial charge in [-0.15, -0.1) is 0 Å². The van der Waals surface area contributed by atoms with Gasteiger partial charge in [0.05, 0.1) is 6.61 Å². The highest BCUT2D eigenvalue weighted by atomic mass is 35.5. The maximum atomic E-state index is 12.4. The van der Waals surface area contributed by atoms with Crippen LogP contribution < -0.4 is 4.74 Å². The predicted octanol–water partition coefficient (Wildman–Crippen LogP) is 4.96. The van der Waals surface area contributed by atoms with Crippen molar-refractivity contribution >= 4 is 25.2 Å². The van der Waals surface area contributed by atoms with Gasteiger partial charge in [-0.3, -0.25) is 9.36 Å².